The molecule has 7 nitrogen and oxygen atoms in total. The molecule has 0 aliphatic rings. The number of carbonyl (C=O) groups excluding carboxylic acids is 2. The Kier molecular flexibility index (Phi) is 12.0. The average molecular weight is 504 g/mol. The molecule has 0 bridgehead atoms. The van der Waals surface area contributed by atoms with E-state index in [9.17, 15) is 4.79 Å². The fourth-order valence-corrected chi connectivity index (χ4v) is 3.84. The van der Waals surface area contributed by atoms with Crippen LogP contribution in [0.1, 0.15) is 42.4 Å². The van der Waals surface area contributed by atoms with Gasteiger partial charge in [-0.25, -0.2) is 4.79 Å². The van der Waals surface area contributed by atoms with Crippen LogP contribution in [0.15, 0.2) is 66.7 Å². The van der Waals surface area contributed by atoms with E-state index in [2.05, 4.69) is 43.4 Å². The van der Waals surface area contributed by atoms with E-state index < -0.39 is 0 Å². The molecule has 7 heteroatoms. The van der Waals surface area contributed by atoms with Gasteiger partial charge in [-0.1, -0.05) is 68.4 Å². The van der Waals surface area contributed by atoms with Crippen molar-refractivity contribution in [3.63, 3.8) is 0 Å². The van der Waals surface area contributed by atoms with Gasteiger partial charge in [0.25, 0.3) is 0 Å². The monoisotopic (exact) mass is 503 g/mol. The molecular formula is C30H37N3O4. The first-order valence-corrected chi connectivity index (χ1v) is 12.3. The second-order valence-electron chi connectivity index (χ2n) is 8.69. The number of rotatable bonds is 8. The van der Waals surface area contributed by atoms with Crippen molar-refractivity contribution in [1.82, 2.24) is 9.88 Å². The molecule has 0 atom stereocenters. The van der Waals surface area contributed by atoms with Gasteiger partial charge in [-0.05, 0) is 46.9 Å². The van der Waals surface area contributed by atoms with Crippen molar-refractivity contribution >= 4 is 40.3 Å². The van der Waals surface area contributed by atoms with Crippen LogP contribution in [-0.4, -0.2) is 50.5 Å². The van der Waals surface area contributed by atoms with Gasteiger partial charge in [0.15, 0.2) is 0 Å². The van der Waals surface area contributed by atoms with Crippen molar-refractivity contribution in [3.8, 4) is 0 Å². The lowest BCUT2D eigenvalue weighted by molar-refractivity contribution is -0.109. The number of carbonyl (C=O) groups is 2. The molecular weight excluding hydrogens is 466 g/mol. The van der Waals surface area contributed by atoms with Gasteiger partial charge in [-0.3, -0.25) is 4.79 Å². The lowest BCUT2D eigenvalue weighted by Gasteiger charge is -2.13. The van der Waals surface area contributed by atoms with E-state index in [0.29, 0.717) is 31.2 Å². The highest BCUT2D eigenvalue weighted by Gasteiger charge is 2.18. The number of esters is 1. The minimum atomic E-state index is -0.328. The minimum absolute atomic E-state index is 0.328. The molecule has 0 saturated carbocycles. The van der Waals surface area contributed by atoms with Crippen LogP contribution >= 0.6 is 0 Å². The van der Waals surface area contributed by atoms with Gasteiger partial charge < -0.3 is 24.8 Å². The van der Waals surface area contributed by atoms with Gasteiger partial charge in [0.2, 0.25) is 6.41 Å². The molecule has 3 aromatic carbocycles. The third-order valence-corrected chi connectivity index (χ3v) is 5.41. The predicted octanol–water partition coefficient (Wildman–Crippen LogP) is 5.67. The molecule has 0 spiro atoms. The maximum absolute atomic E-state index is 12.6. The SMILES string of the molecule is CCOC(=O)c1cc2ccc(C=N)cc2n1Cc1cccc2ccccc12.CNC=O.COCC(C)C. The zero-order chi connectivity index (χ0) is 27.2. The fourth-order valence-electron chi connectivity index (χ4n) is 3.84. The van der Waals surface area contributed by atoms with Crippen molar-refractivity contribution in [3.05, 3.63) is 83.6 Å². The summed E-state index contributed by atoms with van der Waals surface area (Å²) in [5, 5.41) is 13.1. The molecule has 1 heterocycles. The third kappa shape index (κ3) is 8.29. The third-order valence-electron chi connectivity index (χ3n) is 5.41. The van der Waals surface area contributed by atoms with Crippen molar-refractivity contribution in [2.45, 2.75) is 27.3 Å². The van der Waals surface area contributed by atoms with Crippen molar-refractivity contribution in [2.75, 3.05) is 27.4 Å². The number of hydrogen-bond acceptors (Lipinski definition) is 5. The molecule has 196 valence electrons. The molecule has 4 rings (SSSR count). The number of fused-ring (bicyclic) bond motifs is 2. The zero-order valence-corrected chi connectivity index (χ0v) is 22.3. The first kappa shape index (κ1) is 29.3. The van der Waals surface area contributed by atoms with Crippen LogP contribution in [0.2, 0.25) is 0 Å². The Hall–Kier alpha value is -3.97. The number of methoxy groups -OCH3 is 1. The fraction of sp³-hybridized carbons (Fsp3) is 0.300. The standard InChI is InChI=1S/C23H20N2O2.C5H12O.C2H5NO/c1-2-27-23(26)22-13-18-11-10-16(14-24)12-21(18)25(22)15-19-8-5-7-17-6-3-4-9-20(17)19;1-5(2)4-6-3;1-3-2-4/h3-14,24H,2,15H2,1H3;5H,4H2,1-3H3;2H,1H3,(H,3,4). The van der Waals surface area contributed by atoms with Crippen LogP contribution in [0, 0.1) is 11.3 Å². The average Bonchev–Trinajstić information content (AvgIpc) is 3.27. The van der Waals surface area contributed by atoms with Crippen LogP contribution in [0.25, 0.3) is 21.7 Å². The Morgan fingerprint density at radius 2 is 1.76 bits per heavy atom. The van der Waals surface area contributed by atoms with E-state index in [1.165, 1.54) is 17.0 Å². The second kappa shape index (κ2) is 15.2. The van der Waals surface area contributed by atoms with E-state index in [0.717, 1.165) is 28.6 Å². The number of amides is 1. The number of ether oxygens (including phenoxy) is 2. The quantitative estimate of drug-likeness (QED) is 0.184. The Bertz CT molecular complexity index is 1310. The van der Waals surface area contributed by atoms with Gasteiger partial charge in [-0.2, -0.15) is 0 Å². The lowest BCUT2D eigenvalue weighted by Crippen LogP contribution is -2.13. The summed E-state index contributed by atoms with van der Waals surface area (Å²) in [4.78, 5) is 21.6. The number of nitrogens with one attached hydrogen (secondary N) is 2. The molecule has 1 amide bonds. The van der Waals surface area contributed by atoms with Crippen molar-refractivity contribution in [2.24, 2.45) is 5.92 Å². The predicted molar refractivity (Wildman–Crippen MR) is 151 cm³/mol. The number of benzene rings is 3. The second-order valence-corrected chi connectivity index (χ2v) is 8.69. The van der Waals surface area contributed by atoms with E-state index >= 15 is 0 Å². The summed E-state index contributed by atoms with van der Waals surface area (Å²) in [7, 11) is 3.28. The zero-order valence-electron chi connectivity index (χ0n) is 22.3. The van der Waals surface area contributed by atoms with Crippen molar-refractivity contribution < 1.29 is 19.1 Å². The lowest BCUT2D eigenvalue weighted by atomic mass is 10.0. The largest absolute Gasteiger partial charge is 0.461 e. The topological polar surface area (TPSA) is 93.4 Å². The maximum atomic E-state index is 12.6. The first-order chi connectivity index (χ1) is 17.9. The van der Waals surface area contributed by atoms with E-state index in [1.54, 1.807) is 14.2 Å². The minimum Gasteiger partial charge on any atom is -0.461 e. The molecule has 0 fully saturated rings. The number of hydrogen-bond donors (Lipinski definition) is 2. The van der Waals surface area contributed by atoms with Crippen LogP contribution in [-0.2, 0) is 20.8 Å². The van der Waals surface area contributed by atoms with Gasteiger partial charge in [0, 0.05) is 44.4 Å². The Morgan fingerprint density at radius 1 is 1.05 bits per heavy atom. The van der Waals surface area contributed by atoms with Gasteiger partial charge in [-0.15, -0.1) is 0 Å². The summed E-state index contributed by atoms with van der Waals surface area (Å²) < 4.78 is 12.1. The summed E-state index contributed by atoms with van der Waals surface area (Å²) >= 11 is 0. The van der Waals surface area contributed by atoms with Crippen LogP contribution in [0.5, 0.6) is 0 Å². The molecule has 1 aromatic heterocycles. The van der Waals surface area contributed by atoms with Gasteiger partial charge in [0.05, 0.1) is 6.61 Å². The summed E-state index contributed by atoms with van der Waals surface area (Å²) in [5.74, 6) is 0.348. The van der Waals surface area contributed by atoms with Crippen LogP contribution in [0.3, 0.4) is 0 Å². The normalized spacial score (nSPS) is 10.2. The molecule has 2 N–H and O–H groups in total. The van der Waals surface area contributed by atoms with Crippen LogP contribution < -0.4 is 5.32 Å². The van der Waals surface area contributed by atoms with E-state index in [-0.39, 0.29) is 5.97 Å². The molecule has 0 aliphatic heterocycles. The smallest absolute Gasteiger partial charge is 0.354 e. The van der Waals surface area contributed by atoms with E-state index in [4.69, 9.17) is 19.7 Å². The first-order valence-electron chi connectivity index (χ1n) is 12.3. The van der Waals surface area contributed by atoms with Crippen LogP contribution in [0.4, 0.5) is 0 Å². The number of aromatic nitrogens is 1. The maximum Gasteiger partial charge on any atom is 0.354 e. The molecule has 4 aromatic rings. The Morgan fingerprint density at radius 3 is 2.35 bits per heavy atom. The summed E-state index contributed by atoms with van der Waals surface area (Å²) in [5.41, 5.74) is 3.39. The molecule has 37 heavy (non-hydrogen) atoms. The highest BCUT2D eigenvalue weighted by atomic mass is 16.5. The highest BCUT2D eigenvalue weighted by molar-refractivity contribution is 5.97. The Labute approximate surface area is 218 Å². The van der Waals surface area contributed by atoms with Crippen molar-refractivity contribution in [1.29, 1.82) is 5.41 Å². The van der Waals surface area contributed by atoms with Gasteiger partial charge in [0.1, 0.15) is 5.69 Å². The summed E-state index contributed by atoms with van der Waals surface area (Å²) in [6.07, 6.45) is 1.94. The highest BCUT2D eigenvalue weighted by Crippen LogP contribution is 2.26. The number of nitrogens with zero attached hydrogens (tertiary/aromatic N) is 1. The molecule has 0 unspecified atom stereocenters. The van der Waals surface area contributed by atoms with Gasteiger partial charge >= 0.3 is 5.97 Å². The molecule has 0 saturated heterocycles. The molecule has 0 radical (unpaired) electrons. The summed E-state index contributed by atoms with van der Waals surface area (Å²) in [6, 6.07) is 22.1. The van der Waals surface area contributed by atoms with E-state index in [1.807, 2.05) is 54.0 Å². The summed E-state index contributed by atoms with van der Waals surface area (Å²) in [6.45, 7) is 7.83. The Balaban J connectivity index is 0.000000412. The molecule has 0 aliphatic carbocycles.